The van der Waals surface area contributed by atoms with Crippen molar-refractivity contribution >= 4 is 12.0 Å². The summed E-state index contributed by atoms with van der Waals surface area (Å²) in [6.45, 7) is 9.06. The van der Waals surface area contributed by atoms with Crippen molar-refractivity contribution in [1.29, 1.82) is 0 Å². The Hall–Kier alpha value is -1.34. The van der Waals surface area contributed by atoms with Gasteiger partial charge in [0.1, 0.15) is 5.60 Å². The third-order valence-electron chi connectivity index (χ3n) is 4.16. The van der Waals surface area contributed by atoms with Crippen LogP contribution in [0.15, 0.2) is 0 Å². The minimum atomic E-state index is -1.16. The maximum absolute atomic E-state index is 12.4. The standard InChI is InChI=1S/C16H29N3O4/c1-15(2,3)23-14(21)19-8-4-5-16(22,12-19)11-13(20)18-9-6-17-7-10-18/h17,22H,4-12H2,1-3H3/t16-/m1/s1. The molecule has 0 aromatic carbocycles. The number of nitrogens with zero attached hydrogens (tertiary/aromatic N) is 2. The van der Waals surface area contributed by atoms with E-state index in [1.165, 1.54) is 4.90 Å². The molecule has 0 spiro atoms. The van der Waals surface area contributed by atoms with Crippen LogP contribution in [0, 0.1) is 0 Å². The van der Waals surface area contributed by atoms with E-state index < -0.39 is 17.3 Å². The molecule has 0 unspecified atom stereocenters. The normalized spacial score (nSPS) is 26.1. The fraction of sp³-hybridized carbons (Fsp3) is 0.875. The number of carbonyl (C=O) groups excluding carboxylic acids is 2. The molecule has 2 aliphatic rings. The molecular formula is C16H29N3O4. The van der Waals surface area contributed by atoms with Crippen LogP contribution >= 0.6 is 0 Å². The minimum absolute atomic E-state index is 0.0416. The molecule has 2 fully saturated rings. The molecule has 7 heteroatoms. The molecule has 0 aliphatic carbocycles. The summed E-state index contributed by atoms with van der Waals surface area (Å²) in [5.41, 5.74) is -1.72. The van der Waals surface area contributed by atoms with Crippen molar-refractivity contribution in [2.75, 3.05) is 39.3 Å². The molecule has 23 heavy (non-hydrogen) atoms. The van der Waals surface area contributed by atoms with Crippen LogP contribution in [0.1, 0.15) is 40.0 Å². The van der Waals surface area contributed by atoms with Gasteiger partial charge in [-0.3, -0.25) is 4.79 Å². The van der Waals surface area contributed by atoms with Crippen LogP contribution in [0.3, 0.4) is 0 Å². The van der Waals surface area contributed by atoms with Crippen molar-refractivity contribution < 1.29 is 19.4 Å². The lowest BCUT2D eigenvalue weighted by Gasteiger charge is -2.40. The van der Waals surface area contributed by atoms with Gasteiger partial charge in [-0.05, 0) is 33.6 Å². The topological polar surface area (TPSA) is 82.1 Å². The molecule has 0 aromatic heterocycles. The number of likely N-dealkylation sites (tertiary alicyclic amines) is 1. The second-order valence-electron chi connectivity index (χ2n) is 7.54. The zero-order chi connectivity index (χ0) is 17.1. The highest BCUT2D eigenvalue weighted by Gasteiger charge is 2.39. The highest BCUT2D eigenvalue weighted by atomic mass is 16.6. The fourth-order valence-electron chi connectivity index (χ4n) is 3.05. The minimum Gasteiger partial charge on any atom is -0.444 e. The number of piperazine rings is 1. The van der Waals surface area contributed by atoms with E-state index in [-0.39, 0.29) is 18.9 Å². The van der Waals surface area contributed by atoms with Gasteiger partial charge < -0.3 is 25.0 Å². The molecule has 0 radical (unpaired) electrons. The van der Waals surface area contributed by atoms with E-state index in [0.29, 0.717) is 32.5 Å². The van der Waals surface area contributed by atoms with Crippen LogP contribution in [0.5, 0.6) is 0 Å². The van der Waals surface area contributed by atoms with Gasteiger partial charge >= 0.3 is 6.09 Å². The third-order valence-corrected chi connectivity index (χ3v) is 4.16. The Balaban J connectivity index is 1.92. The smallest absolute Gasteiger partial charge is 0.410 e. The predicted octanol–water partition coefficient (Wildman–Crippen LogP) is 0.570. The van der Waals surface area contributed by atoms with E-state index in [9.17, 15) is 14.7 Å². The van der Waals surface area contributed by atoms with Gasteiger partial charge in [0.2, 0.25) is 5.91 Å². The number of carbonyl (C=O) groups is 2. The lowest BCUT2D eigenvalue weighted by molar-refractivity contribution is -0.139. The van der Waals surface area contributed by atoms with Crippen molar-refractivity contribution in [3.05, 3.63) is 0 Å². The zero-order valence-electron chi connectivity index (χ0n) is 14.4. The van der Waals surface area contributed by atoms with Gasteiger partial charge in [-0.2, -0.15) is 0 Å². The van der Waals surface area contributed by atoms with Gasteiger partial charge in [-0.15, -0.1) is 0 Å². The number of hydrogen-bond donors (Lipinski definition) is 2. The first-order valence-corrected chi connectivity index (χ1v) is 8.37. The highest BCUT2D eigenvalue weighted by molar-refractivity contribution is 5.77. The van der Waals surface area contributed by atoms with Crippen LogP contribution < -0.4 is 5.32 Å². The van der Waals surface area contributed by atoms with Gasteiger partial charge in [0.15, 0.2) is 0 Å². The average Bonchev–Trinajstić information content (AvgIpc) is 2.46. The van der Waals surface area contributed by atoms with Crippen molar-refractivity contribution in [3.8, 4) is 0 Å². The van der Waals surface area contributed by atoms with Crippen LogP contribution in [0.2, 0.25) is 0 Å². The molecule has 1 atom stereocenters. The van der Waals surface area contributed by atoms with Gasteiger partial charge in [0.05, 0.1) is 18.6 Å². The van der Waals surface area contributed by atoms with Crippen LogP contribution in [-0.4, -0.2) is 77.4 Å². The number of ether oxygens (including phenoxy) is 1. The molecule has 2 saturated heterocycles. The van der Waals surface area contributed by atoms with Crippen LogP contribution in [0.4, 0.5) is 4.79 Å². The fourth-order valence-corrected chi connectivity index (χ4v) is 3.05. The molecule has 0 bridgehead atoms. The maximum Gasteiger partial charge on any atom is 0.410 e. The first-order valence-electron chi connectivity index (χ1n) is 8.37. The molecule has 2 N–H and O–H groups in total. The third kappa shape index (κ3) is 5.35. The molecule has 132 valence electrons. The number of nitrogens with one attached hydrogen (secondary N) is 1. The predicted molar refractivity (Wildman–Crippen MR) is 86.1 cm³/mol. The van der Waals surface area contributed by atoms with E-state index >= 15 is 0 Å². The first-order chi connectivity index (χ1) is 10.7. The van der Waals surface area contributed by atoms with E-state index in [4.69, 9.17) is 4.74 Å². The summed E-state index contributed by atoms with van der Waals surface area (Å²) in [5.74, 6) is -0.0416. The summed E-state index contributed by atoms with van der Waals surface area (Å²) >= 11 is 0. The summed E-state index contributed by atoms with van der Waals surface area (Å²) < 4.78 is 5.36. The number of piperidine rings is 1. The van der Waals surface area contributed by atoms with Crippen LogP contribution in [0.25, 0.3) is 0 Å². The second-order valence-corrected chi connectivity index (χ2v) is 7.54. The van der Waals surface area contributed by atoms with Gasteiger partial charge in [0.25, 0.3) is 0 Å². The first kappa shape index (κ1) is 18.0. The Morgan fingerprint density at radius 3 is 2.43 bits per heavy atom. The van der Waals surface area contributed by atoms with E-state index in [2.05, 4.69) is 5.32 Å². The Morgan fingerprint density at radius 2 is 1.83 bits per heavy atom. The number of β-amino-alcohol motifs (C(OH)–C–C–N with tert-alkyl or cyclic N) is 1. The van der Waals surface area contributed by atoms with Crippen molar-refractivity contribution in [2.45, 2.75) is 51.2 Å². The maximum atomic E-state index is 12.4. The zero-order valence-corrected chi connectivity index (χ0v) is 14.4. The Morgan fingerprint density at radius 1 is 1.17 bits per heavy atom. The van der Waals surface area contributed by atoms with E-state index in [1.807, 2.05) is 20.8 Å². The second kappa shape index (κ2) is 7.05. The van der Waals surface area contributed by atoms with Gasteiger partial charge in [0, 0.05) is 32.7 Å². The highest BCUT2D eigenvalue weighted by Crippen LogP contribution is 2.26. The lowest BCUT2D eigenvalue weighted by Crippen LogP contribution is -2.54. The van der Waals surface area contributed by atoms with E-state index in [1.54, 1.807) is 4.90 Å². The average molecular weight is 327 g/mol. The number of rotatable bonds is 2. The summed E-state index contributed by atoms with van der Waals surface area (Å²) in [7, 11) is 0. The SMILES string of the molecule is CC(C)(C)OC(=O)N1CCC[C@@](O)(CC(=O)N2CCNCC2)C1. The summed E-state index contributed by atoms with van der Waals surface area (Å²) in [5, 5.41) is 14.0. The summed E-state index contributed by atoms with van der Waals surface area (Å²) in [6, 6.07) is 0. The number of hydrogen-bond acceptors (Lipinski definition) is 5. The Bertz CT molecular complexity index is 443. The number of aliphatic hydroxyl groups is 1. The molecule has 2 aliphatic heterocycles. The van der Waals surface area contributed by atoms with E-state index in [0.717, 1.165) is 13.1 Å². The quantitative estimate of drug-likeness (QED) is 0.775. The van der Waals surface area contributed by atoms with Crippen molar-refractivity contribution in [3.63, 3.8) is 0 Å². The molecule has 2 heterocycles. The largest absolute Gasteiger partial charge is 0.444 e. The van der Waals surface area contributed by atoms with Gasteiger partial charge in [-0.1, -0.05) is 0 Å². The molecule has 0 saturated carbocycles. The van der Waals surface area contributed by atoms with Crippen LogP contribution in [-0.2, 0) is 9.53 Å². The molecule has 0 aromatic rings. The molecular weight excluding hydrogens is 298 g/mol. The molecule has 7 nitrogen and oxygen atoms in total. The van der Waals surface area contributed by atoms with Crippen molar-refractivity contribution in [2.24, 2.45) is 0 Å². The molecule has 2 amide bonds. The lowest BCUT2D eigenvalue weighted by atomic mass is 9.89. The summed E-state index contributed by atoms with van der Waals surface area (Å²) in [6.07, 6.45) is 0.839. The monoisotopic (exact) mass is 327 g/mol. The van der Waals surface area contributed by atoms with Gasteiger partial charge in [-0.25, -0.2) is 4.79 Å². The van der Waals surface area contributed by atoms with Crippen molar-refractivity contribution in [1.82, 2.24) is 15.1 Å². The summed E-state index contributed by atoms with van der Waals surface area (Å²) in [4.78, 5) is 27.9. The Labute approximate surface area is 138 Å². The number of amides is 2. The Kier molecular flexibility index (Phi) is 5.52. The molecule has 2 rings (SSSR count).